The van der Waals surface area contributed by atoms with Crippen molar-refractivity contribution in [2.45, 2.75) is 0 Å². The van der Waals surface area contributed by atoms with E-state index in [1.807, 2.05) is 12.1 Å². The van der Waals surface area contributed by atoms with Gasteiger partial charge in [-0.3, -0.25) is 4.79 Å². The normalized spacial score (nSPS) is 10.7. The monoisotopic (exact) mass is 331 g/mol. The second-order valence-corrected chi connectivity index (χ2v) is 5.08. The SMILES string of the molecule is N#C/C(=C\Nc1ccc(Cl)c(Cl)c1)C(=O)Nc1ccccc1. The number of rotatable bonds is 4. The average molecular weight is 332 g/mol. The maximum atomic E-state index is 12.0. The molecule has 0 fully saturated rings. The number of halogens is 2. The predicted octanol–water partition coefficient (Wildman–Crippen LogP) is 4.45. The number of carbonyl (C=O) groups excluding carboxylic acids is 1. The first-order valence-corrected chi connectivity index (χ1v) is 7.04. The lowest BCUT2D eigenvalue weighted by atomic mass is 10.2. The third kappa shape index (κ3) is 4.26. The number of anilines is 2. The van der Waals surface area contributed by atoms with Crippen LogP contribution in [0.3, 0.4) is 0 Å². The zero-order chi connectivity index (χ0) is 15.9. The maximum Gasteiger partial charge on any atom is 0.267 e. The highest BCUT2D eigenvalue weighted by Gasteiger charge is 2.09. The molecule has 0 radical (unpaired) electrons. The number of amides is 1. The molecule has 4 nitrogen and oxygen atoms in total. The molecule has 0 unspecified atom stereocenters. The Bertz CT molecular complexity index is 752. The molecule has 22 heavy (non-hydrogen) atoms. The Morgan fingerprint density at radius 2 is 1.77 bits per heavy atom. The molecule has 2 N–H and O–H groups in total. The van der Waals surface area contributed by atoms with Gasteiger partial charge >= 0.3 is 0 Å². The van der Waals surface area contributed by atoms with Crippen molar-refractivity contribution in [2.75, 3.05) is 10.6 Å². The molecule has 0 aromatic heterocycles. The van der Waals surface area contributed by atoms with E-state index < -0.39 is 5.91 Å². The quantitative estimate of drug-likeness (QED) is 0.642. The fraction of sp³-hybridized carbons (Fsp3) is 0. The molecule has 0 bridgehead atoms. The van der Waals surface area contributed by atoms with Gasteiger partial charge in [0.05, 0.1) is 10.0 Å². The molecule has 2 aromatic carbocycles. The molecule has 0 aliphatic carbocycles. The first kappa shape index (κ1) is 15.9. The Balaban J connectivity index is 2.08. The number of hydrogen-bond donors (Lipinski definition) is 2. The number of hydrogen-bond acceptors (Lipinski definition) is 3. The van der Waals surface area contributed by atoms with E-state index in [1.54, 1.807) is 42.5 Å². The summed E-state index contributed by atoms with van der Waals surface area (Å²) in [6.07, 6.45) is 1.32. The van der Waals surface area contributed by atoms with Gasteiger partial charge in [0.2, 0.25) is 0 Å². The van der Waals surface area contributed by atoms with Crippen LogP contribution in [0.2, 0.25) is 10.0 Å². The Kier molecular flexibility index (Phi) is 5.42. The number of nitrogens with zero attached hydrogens (tertiary/aromatic N) is 1. The minimum atomic E-state index is -0.499. The third-order valence-corrected chi connectivity index (χ3v) is 3.44. The van der Waals surface area contributed by atoms with Crippen LogP contribution < -0.4 is 10.6 Å². The summed E-state index contributed by atoms with van der Waals surface area (Å²) in [4.78, 5) is 12.0. The highest BCUT2D eigenvalue weighted by molar-refractivity contribution is 6.42. The molecule has 0 spiro atoms. The maximum absolute atomic E-state index is 12.0. The minimum Gasteiger partial charge on any atom is -0.360 e. The van der Waals surface area contributed by atoms with E-state index in [0.29, 0.717) is 21.4 Å². The summed E-state index contributed by atoms with van der Waals surface area (Å²) in [5, 5.41) is 15.4. The Morgan fingerprint density at radius 1 is 1.05 bits per heavy atom. The molecule has 110 valence electrons. The van der Waals surface area contributed by atoms with E-state index in [4.69, 9.17) is 28.5 Å². The second kappa shape index (κ2) is 7.51. The van der Waals surface area contributed by atoms with Gasteiger partial charge in [-0.1, -0.05) is 41.4 Å². The van der Waals surface area contributed by atoms with E-state index in [2.05, 4.69) is 10.6 Å². The summed E-state index contributed by atoms with van der Waals surface area (Å²) < 4.78 is 0. The van der Waals surface area contributed by atoms with Gasteiger partial charge in [0.15, 0.2) is 0 Å². The van der Waals surface area contributed by atoms with Crippen LogP contribution in [0.15, 0.2) is 60.3 Å². The van der Waals surface area contributed by atoms with Crippen LogP contribution in [0.1, 0.15) is 0 Å². The molecule has 0 heterocycles. The Hall–Kier alpha value is -2.48. The van der Waals surface area contributed by atoms with Gasteiger partial charge in [-0.15, -0.1) is 0 Å². The average Bonchev–Trinajstić information content (AvgIpc) is 2.52. The fourth-order valence-corrected chi connectivity index (χ4v) is 1.91. The molecule has 0 saturated carbocycles. The summed E-state index contributed by atoms with van der Waals surface area (Å²) in [6.45, 7) is 0. The van der Waals surface area contributed by atoms with Gasteiger partial charge in [0.1, 0.15) is 11.6 Å². The first-order valence-electron chi connectivity index (χ1n) is 6.28. The number of carbonyl (C=O) groups is 1. The highest BCUT2D eigenvalue weighted by Crippen LogP contribution is 2.25. The van der Waals surface area contributed by atoms with Crippen LogP contribution in [0.5, 0.6) is 0 Å². The predicted molar refractivity (Wildman–Crippen MR) is 88.9 cm³/mol. The topological polar surface area (TPSA) is 64.9 Å². The standard InChI is InChI=1S/C16H11Cl2N3O/c17-14-7-6-13(8-15(14)18)20-10-11(9-19)16(22)21-12-4-2-1-3-5-12/h1-8,10,20H,(H,21,22)/b11-10+. The van der Waals surface area contributed by atoms with Crippen molar-refractivity contribution in [3.8, 4) is 6.07 Å². The largest absolute Gasteiger partial charge is 0.360 e. The summed E-state index contributed by atoms with van der Waals surface area (Å²) in [5.41, 5.74) is 1.17. The molecule has 0 saturated heterocycles. The number of nitriles is 1. The lowest BCUT2D eigenvalue weighted by Crippen LogP contribution is -2.14. The second-order valence-electron chi connectivity index (χ2n) is 4.26. The van der Waals surface area contributed by atoms with Crippen molar-refractivity contribution in [1.82, 2.24) is 0 Å². The van der Waals surface area contributed by atoms with Crippen molar-refractivity contribution in [2.24, 2.45) is 0 Å². The van der Waals surface area contributed by atoms with Crippen molar-refractivity contribution >= 4 is 40.5 Å². The smallest absolute Gasteiger partial charge is 0.267 e. The summed E-state index contributed by atoms with van der Waals surface area (Å²) >= 11 is 11.7. The van der Waals surface area contributed by atoms with Crippen LogP contribution >= 0.6 is 23.2 Å². The molecule has 2 rings (SSSR count). The van der Waals surface area contributed by atoms with Crippen molar-refractivity contribution in [3.63, 3.8) is 0 Å². The van der Waals surface area contributed by atoms with Crippen LogP contribution in [0, 0.1) is 11.3 Å². The zero-order valence-electron chi connectivity index (χ0n) is 11.3. The summed E-state index contributed by atoms with van der Waals surface area (Å²) in [6, 6.07) is 15.6. The van der Waals surface area contributed by atoms with Gasteiger partial charge in [0.25, 0.3) is 5.91 Å². The van der Waals surface area contributed by atoms with Gasteiger partial charge in [-0.05, 0) is 30.3 Å². The Labute approximate surface area is 138 Å². The van der Waals surface area contributed by atoms with Gasteiger partial charge in [-0.25, -0.2) is 0 Å². The molecule has 0 aliphatic heterocycles. The van der Waals surface area contributed by atoms with E-state index in [9.17, 15) is 4.79 Å². The van der Waals surface area contributed by atoms with Crippen LogP contribution in [0.25, 0.3) is 0 Å². The molecular formula is C16H11Cl2N3O. The molecule has 6 heteroatoms. The van der Waals surface area contributed by atoms with Gasteiger partial charge in [-0.2, -0.15) is 5.26 Å². The van der Waals surface area contributed by atoms with Crippen LogP contribution in [0.4, 0.5) is 11.4 Å². The molecule has 1 amide bonds. The van der Waals surface area contributed by atoms with Crippen molar-refractivity contribution < 1.29 is 4.79 Å². The van der Waals surface area contributed by atoms with Crippen molar-refractivity contribution in [3.05, 3.63) is 70.3 Å². The number of para-hydroxylation sites is 1. The molecule has 0 atom stereocenters. The lowest BCUT2D eigenvalue weighted by molar-refractivity contribution is -0.112. The highest BCUT2D eigenvalue weighted by atomic mass is 35.5. The van der Waals surface area contributed by atoms with E-state index in [0.717, 1.165) is 0 Å². The number of benzene rings is 2. The molecule has 0 aliphatic rings. The Morgan fingerprint density at radius 3 is 2.41 bits per heavy atom. The summed E-state index contributed by atoms with van der Waals surface area (Å²) in [5.74, 6) is -0.499. The third-order valence-electron chi connectivity index (χ3n) is 2.70. The molecule has 2 aromatic rings. The van der Waals surface area contributed by atoms with Crippen molar-refractivity contribution in [1.29, 1.82) is 5.26 Å². The minimum absolute atomic E-state index is 0.0603. The zero-order valence-corrected chi connectivity index (χ0v) is 12.8. The van der Waals surface area contributed by atoms with Gasteiger partial charge < -0.3 is 10.6 Å². The van der Waals surface area contributed by atoms with E-state index in [1.165, 1.54) is 6.20 Å². The van der Waals surface area contributed by atoms with Crippen LogP contribution in [-0.4, -0.2) is 5.91 Å². The fourth-order valence-electron chi connectivity index (χ4n) is 1.61. The first-order chi connectivity index (χ1) is 10.6. The van der Waals surface area contributed by atoms with E-state index in [-0.39, 0.29) is 5.57 Å². The van der Waals surface area contributed by atoms with Crippen LogP contribution in [-0.2, 0) is 4.79 Å². The number of nitrogens with one attached hydrogen (secondary N) is 2. The summed E-state index contributed by atoms with van der Waals surface area (Å²) in [7, 11) is 0. The van der Waals surface area contributed by atoms with E-state index >= 15 is 0 Å². The lowest BCUT2D eigenvalue weighted by Gasteiger charge is -2.05. The molecular weight excluding hydrogens is 321 g/mol. The van der Waals surface area contributed by atoms with Gasteiger partial charge in [0, 0.05) is 17.6 Å².